The predicted octanol–water partition coefficient (Wildman–Crippen LogP) is 0.0134. The molecule has 0 unspecified atom stereocenters. The molecule has 44 valence electrons. The first-order valence-electron chi connectivity index (χ1n) is 2.55. The minimum absolute atomic E-state index is 0. The molecule has 0 aliphatic rings. The molecule has 3 heteroatoms. The maximum absolute atomic E-state index is 9.98. The van der Waals surface area contributed by atoms with Crippen LogP contribution in [0, 0.1) is 0 Å². The third-order valence-corrected chi connectivity index (χ3v) is 0.777. The number of hydrogen-bond acceptors (Lipinski definition) is 1. The Morgan fingerprint density at radius 3 is 2.25 bits per heavy atom. The molecule has 0 fully saturated rings. The third kappa shape index (κ3) is 10.2. The molecular weight excluding hydrogens is 129 g/mol. The normalized spacial score (nSPS) is 7.62. The van der Waals surface area contributed by atoms with Crippen molar-refractivity contribution in [1.29, 1.82) is 0 Å². The van der Waals surface area contributed by atoms with Crippen LogP contribution in [0.1, 0.15) is 26.2 Å². The van der Waals surface area contributed by atoms with Crippen LogP contribution in [-0.2, 0) is 4.79 Å². The predicted molar refractivity (Wildman–Crippen MR) is 35.9 cm³/mol. The van der Waals surface area contributed by atoms with Gasteiger partial charge in [-0.25, -0.2) is 0 Å². The van der Waals surface area contributed by atoms with Crippen LogP contribution in [0.3, 0.4) is 0 Å². The molecule has 0 aliphatic heterocycles. The molecule has 2 nitrogen and oxygen atoms in total. The molecule has 0 aliphatic carbocycles. The van der Waals surface area contributed by atoms with Crippen LogP contribution in [0.25, 0.3) is 0 Å². The fourth-order valence-electron chi connectivity index (χ4n) is 0.351. The van der Waals surface area contributed by atoms with Gasteiger partial charge in [-0.05, 0) is 6.42 Å². The van der Waals surface area contributed by atoms with Gasteiger partial charge in [0.1, 0.15) is 0 Å². The van der Waals surface area contributed by atoms with Gasteiger partial charge in [0.05, 0.1) is 0 Å². The summed E-state index contributed by atoms with van der Waals surface area (Å²) in [7, 11) is 0. The second-order valence-corrected chi connectivity index (χ2v) is 1.57. The number of rotatable bonds is 3. The molecule has 8 heavy (non-hydrogen) atoms. The van der Waals surface area contributed by atoms with Crippen LogP contribution >= 0.6 is 0 Å². The van der Waals surface area contributed by atoms with Gasteiger partial charge in [-0.1, -0.05) is 13.3 Å². The van der Waals surface area contributed by atoms with E-state index in [0.29, 0.717) is 6.42 Å². The molecule has 0 saturated heterocycles. The molecule has 0 radical (unpaired) electrons. The van der Waals surface area contributed by atoms with Crippen LogP contribution in [0.15, 0.2) is 0 Å². The van der Waals surface area contributed by atoms with Gasteiger partial charge in [0.2, 0.25) is 5.91 Å². The fraction of sp³-hybridized carbons (Fsp3) is 0.800. The zero-order valence-electron chi connectivity index (χ0n) is 4.61. The van der Waals surface area contributed by atoms with Gasteiger partial charge >= 0.3 is 51.4 Å². The summed E-state index contributed by atoms with van der Waals surface area (Å²) in [5.41, 5.74) is 4.84. The Hall–Kier alpha value is 1.11. The molecule has 0 aromatic carbocycles. The number of nitrogens with two attached hydrogens (primary N) is 1. The van der Waals surface area contributed by atoms with E-state index in [2.05, 4.69) is 0 Å². The zero-order valence-corrected chi connectivity index (χ0v) is 4.61. The van der Waals surface area contributed by atoms with Crippen LogP contribution in [0.4, 0.5) is 0 Å². The van der Waals surface area contributed by atoms with Crippen LogP contribution in [-0.4, -0.2) is 57.3 Å². The fourth-order valence-corrected chi connectivity index (χ4v) is 0.351. The summed E-state index contributed by atoms with van der Waals surface area (Å²) in [6.45, 7) is 2.03. The number of carbonyl (C=O) groups excluding carboxylic acids is 1. The van der Waals surface area contributed by atoms with Crippen LogP contribution < -0.4 is 5.73 Å². The van der Waals surface area contributed by atoms with Gasteiger partial charge < -0.3 is 5.73 Å². The Kier molecular flexibility index (Phi) is 12.0. The summed E-state index contributed by atoms with van der Waals surface area (Å²) in [6, 6.07) is 0. The van der Waals surface area contributed by atoms with Crippen molar-refractivity contribution in [3.05, 3.63) is 0 Å². The average Bonchev–Trinajstić information content (AvgIpc) is 1.61. The number of amides is 1. The van der Waals surface area contributed by atoms with Gasteiger partial charge in [-0.2, -0.15) is 0 Å². The number of carbonyl (C=O) groups is 1. The second kappa shape index (κ2) is 8.11. The zero-order chi connectivity index (χ0) is 5.70. The van der Waals surface area contributed by atoms with Crippen molar-refractivity contribution < 1.29 is 4.79 Å². The van der Waals surface area contributed by atoms with Gasteiger partial charge in [0.15, 0.2) is 0 Å². The van der Waals surface area contributed by atoms with E-state index < -0.39 is 0 Å². The molecule has 2 N–H and O–H groups in total. The molecule has 1 amide bonds. The van der Waals surface area contributed by atoms with E-state index in [1.165, 1.54) is 0 Å². The van der Waals surface area contributed by atoms with Crippen molar-refractivity contribution in [1.82, 2.24) is 0 Å². The van der Waals surface area contributed by atoms with Crippen molar-refractivity contribution in [2.75, 3.05) is 0 Å². The Labute approximate surface area is 92.6 Å². The molecule has 0 spiro atoms. The van der Waals surface area contributed by atoms with E-state index in [9.17, 15) is 4.79 Å². The molecular formula is C5H12KNO. The number of unbranched alkanes of at least 4 members (excludes halogenated alkanes) is 1. The Morgan fingerprint density at radius 2 is 2.12 bits per heavy atom. The Bertz CT molecular complexity index is 65.4. The van der Waals surface area contributed by atoms with Crippen molar-refractivity contribution in [2.24, 2.45) is 5.73 Å². The topological polar surface area (TPSA) is 43.1 Å². The number of primary amides is 1. The van der Waals surface area contributed by atoms with Crippen molar-refractivity contribution >= 4 is 57.3 Å². The van der Waals surface area contributed by atoms with Gasteiger partial charge in [-0.3, -0.25) is 4.79 Å². The summed E-state index contributed by atoms with van der Waals surface area (Å²) >= 11 is 0. The standard InChI is InChI=1S/C5H11NO.K.H/c1-2-3-4-5(6)7;;/h2-4H2,1H3,(H2,6,7);;. The maximum atomic E-state index is 9.98. The summed E-state index contributed by atoms with van der Waals surface area (Å²) in [5.74, 6) is -0.193. The van der Waals surface area contributed by atoms with Crippen LogP contribution in [0.2, 0.25) is 0 Å². The van der Waals surface area contributed by atoms with Crippen molar-refractivity contribution in [2.45, 2.75) is 26.2 Å². The van der Waals surface area contributed by atoms with E-state index in [1.54, 1.807) is 0 Å². The SMILES string of the molecule is CCCCC(N)=O.[KH]. The second-order valence-electron chi connectivity index (χ2n) is 1.57. The van der Waals surface area contributed by atoms with Gasteiger partial charge in [0, 0.05) is 6.42 Å². The average molecular weight is 141 g/mol. The number of hydrogen-bond donors (Lipinski definition) is 1. The summed E-state index contributed by atoms with van der Waals surface area (Å²) in [5, 5.41) is 0. The molecule has 0 atom stereocenters. The Balaban J connectivity index is 0. The van der Waals surface area contributed by atoms with Crippen molar-refractivity contribution in [3.63, 3.8) is 0 Å². The summed E-state index contributed by atoms with van der Waals surface area (Å²) < 4.78 is 0. The molecule has 0 saturated carbocycles. The van der Waals surface area contributed by atoms with Crippen molar-refractivity contribution in [3.8, 4) is 0 Å². The first-order chi connectivity index (χ1) is 3.27. The summed E-state index contributed by atoms with van der Waals surface area (Å²) in [6.07, 6.45) is 2.51. The van der Waals surface area contributed by atoms with E-state index in [-0.39, 0.29) is 57.3 Å². The molecule has 0 rings (SSSR count). The first kappa shape index (κ1) is 11.8. The van der Waals surface area contributed by atoms with Gasteiger partial charge in [-0.15, -0.1) is 0 Å². The van der Waals surface area contributed by atoms with Gasteiger partial charge in [0.25, 0.3) is 0 Å². The first-order valence-corrected chi connectivity index (χ1v) is 2.55. The van der Waals surface area contributed by atoms with E-state index in [0.717, 1.165) is 12.8 Å². The van der Waals surface area contributed by atoms with Crippen LogP contribution in [0.5, 0.6) is 0 Å². The molecule has 0 heterocycles. The third-order valence-electron chi connectivity index (χ3n) is 0.777. The molecule has 0 aromatic heterocycles. The van der Waals surface area contributed by atoms with E-state index in [4.69, 9.17) is 5.73 Å². The van der Waals surface area contributed by atoms with E-state index >= 15 is 0 Å². The monoisotopic (exact) mass is 141 g/mol. The quantitative estimate of drug-likeness (QED) is 0.553. The molecule has 0 bridgehead atoms. The summed E-state index contributed by atoms with van der Waals surface area (Å²) in [4.78, 5) is 9.98. The minimum atomic E-state index is -0.193. The van der Waals surface area contributed by atoms with E-state index in [1.807, 2.05) is 6.92 Å². The Morgan fingerprint density at radius 1 is 1.62 bits per heavy atom. The molecule has 0 aromatic rings.